The first-order valence-corrected chi connectivity index (χ1v) is 27.3. The second-order valence-corrected chi connectivity index (χ2v) is 18.8. The zero-order valence-electron chi connectivity index (χ0n) is 41.1. The molecule has 0 aromatic rings. The van der Waals surface area contributed by atoms with Crippen molar-refractivity contribution in [1.82, 2.24) is 5.32 Å². The number of hydrogen-bond donors (Lipinski definition) is 4. The van der Waals surface area contributed by atoms with E-state index >= 15 is 0 Å². The van der Waals surface area contributed by atoms with E-state index in [9.17, 15) is 20.1 Å². The van der Waals surface area contributed by atoms with Crippen molar-refractivity contribution in [2.24, 2.45) is 0 Å². The Hall–Kier alpha value is -1.43. The highest BCUT2D eigenvalue weighted by Crippen LogP contribution is 2.17. The molecule has 0 aliphatic rings. The number of hydrogen-bond acceptors (Lipinski definition) is 4. The van der Waals surface area contributed by atoms with E-state index in [1.165, 1.54) is 231 Å². The lowest BCUT2D eigenvalue weighted by Crippen LogP contribution is -2.48. The van der Waals surface area contributed by atoms with Gasteiger partial charge < -0.3 is 20.6 Å². The van der Waals surface area contributed by atoms with Gasteiger partial charge in [0.05, 0.1) is 18.8 Å². The van der Waals surface area contributed by atoms with Crippen LogP contribution in [0.5, 0.6) is 0 Å². The lowest BCUT2D eigenvalue weighted by molar-refractivity contribution is -0.131. The predicted octanol–water partition coefficient (Wildman–Crippen LogP) is 16.7. The SMILES string of the molecule is CCCCCCCCCCC/C=C\C/C=C\CCCCCCCCCCCCCCCCC(O)C(=O)NC(CO)C(O)/C=C/CCCCCCCCCCCCCCCCC. The largest absolute Gasteiger partial charge is 0.394 e. The molecule has 0 aromatic carbocycles. The Bertz CT molecular complexity index is 947. The molecule has 3 unspecified atom stereocenters. The Balaban J connectivity index is 3.56. The van der Waals surface area contributed by atoms with Crippen molar-refractivity contribution in [2.45, 2.75) is 308 Å². The molecule has 4 N–H and O–H groups in total. The number of aliphatic hydroxyl groups is 3. The fourth-order valence-electron chi connectivity index (χ4n) is 8.45. The van der Waals surface area contributed by atoms with Crippen molar-refractivity contribution in [3.05, 3.63) is 36.5 Å². The summed E-state index contributed by atoms with van der Waals surface area (Å²) in [5, 5.41) is 33.3. The van der Waals surface area contributed by atoms with Crippen LogP contribution < -0.4 is 5.32 Å². The van der Waals surface area contributed by atoms with Gasteiger partial charge in [-0.1, -0.05) is 275 Å². The Morgan fingerprint density at radius 1 is 0.410 bits per heavy atom. The third-order valence-electron chi connectivity index (χ3n) is 12.7. The van der Waals surface area contributed by atoms with E-state index in [2.05, 4.69) is 43.5 Å². The molecule has 0 spiro atoms. The van der Waals surface area contributed by atoms with Gasteiger partial charge in [0, 0.05) is 0 Å². The lowest BCUT2D eigenvalue weighted by Gasteiger charge is -2.21. The van der Waals surface area contributed by atoms with Crippen LogP contribution >= 0.6 is 0 Å². The van der Waals surface area contributed by atoms with E-state index in [4.69, 9.17) is 0 Å². The minimum absolute atomic E-state index is 0.362. The van der Waals surface area contributed by atoms with Crippen LogP contribution in [0.25, 0.3) is 0 Å². The van der Waals surface area contributed by atoms with Crippen LogP contribution in [0.15, 0.2) is 36.5 Å². The first kappa shape index (κ1) is 59.6. The van der Waals surface area contributed by atoms with E-state index in [0.29, 0.717) is 6.42 Å². The van der Waals surface area contributed by atoms with Gasteiger partial charge in [0.2, 0.25) is 5.91 Å². The smallest absolute Gasteiger partial charge is 0.249 e. The highest BCUT2D eigenvalue weighted by Gasteiger charge is 2.22. The average molecular weight is 858 g/mol. The van der Waals surface area contributed by atoms with Crippen molar-refractivity contribution >= 4 is 5.91 Å². The molecule has 61 heavy (non-hydrogen) atoms. The first-order valence-electron chi connectivity index (χ1n) is 27.3. The Kier molecular flexibility index (Phi) is 50.0. The number of rotatable bonds is 50. The second kappa shape index (κ2) is 51.2. The minimum atomic E-state index is -1.10. The highest BCUT2D eigenvalue weighted by atomic mass is 16.3. The molecule has 0 bridgehead atoms. The molecule has 1 amide bonds. The molecule has 0 radical (unpaired) electrons. The molecular weight excluding hydrogens is 751 g/mol. The second-order valence-electron chi connectivity index (χ2n) is 18.8. The highest BCUT2D eigenvalue weighted by molar-refractivity contribution is 5.80. The van der Waals surface area contributed by atoms with Crippen molar-refractivity contribution in [3.63, 3.8) is 0 Å². The van der Waals surface area contributed by atoms with Crippen LogP contribution in [0, 0.1) is 0 Å². The van der Waals surface area contributed by atoms with Crippen LogP contribution in [0.1, 0.15) is 290 Å². The topological polar surface area (TPSA) is 89.8 Å². The number of carbonyl (C=O) groups excluding carboxylic acids is 1. The molecule has 0 rings (SSSR count). The predicted molar refractivity (Wildman–Crippen MR) is 268 cm³/mol. The number of aliphatic hydroxyl groups excluding tert-OH is 3. The molecule has 0 aliphatic carbocycles. The fraction of sp³-hybridized carbons (Fsp3) is 0.875. The lowest BCUT2D eigenvalue weighted by atomic mass is 10.0. The molecule has 3 atom stereocenters. The van der Waals surface area contributed by atoms with E-state index in [1.54, 1.807) is 6.08 Å². The van der Waals surface area contributed by atoms with E-state index in [-0.39, 0.29) is 6.61 Å². The van der Waals surface area contributed by atoms with Crippen LogP contribution in [0.2, 0.25) is 0 Å². The van der Waals surface area contributed by atoms with E-state index in [1.807, 2.05) is 6.08 Å². The maximum atomic E-state index is 12.5. The zero-order chi connectivity index (χ0) is 44.4. The molecule has 0 fully saturated rings. The van der Waals surface area contributed by atoms with Crippen LogP contribution in [0.4, 0.5) is 0 Å². The van der Waals surface area contributed by atoms with Crippen LogP contribution in [-0.2, 0) is 4.79 Å². The molecule has 0 saturated heterocycles. The average Bonchev–Trinajstić information content (AvgIpc) is 3.26. The number of allylic oxidation sites excluding steroid dienone is 5. The number of unbranched alkanes of at least 4 members (excludes halogenated alkanes) is 38. The monoisotopic (exact) mass is 858 g/mol. The number of nitrogens with one attached hydrogen (secondary N) is 1. The van der Waals surface area contributed by atoms with Gasteiger partial charge in [0.15, 0.2) is 0 Å². The summed E-state index contributed by atoms with van der Waals surface area (Å²) in [4.78, 5) is 12.5. The maximum absolute atomic E-state index is 12.5. The summed E-state index contributed by atoms with van der Waals surface area (Å²) in [6.07, 6.45) is 66.4. The third kappa shape index (κ3) is 46.4. The summed E-state index contributed by atoms with van der Waals surface area (Å²) in [6.45, 7) is 4.20. The third-order valence-corrected chi connectivity index (χ3v) is 12.7. The van der Waals surface area contributed by atoms with E-state index in [0.717, 1.165) is 38.5 Å². The summed E-state index contributed by atoms with van der Waals surface area (Å²) >= 11 is 0. The Morgan fingerprint density at radius 3 is 1.03 bits per heavy atom. The van der Waals surface area contributed by atoms with Gasteiger partial charge >= 0.3 is 0 Å². The van der Waals surface area contributed by atoms with Gasteiger partial charge in [-0.15, -0.1) is 0 Å². The Labute approximate surface area is 381 Å². The molecule has 0 aliphatic heterocycles. The van der Waals surface area contributed by atoms with Gasteiger partial charge in [-0.2, -0.15) is 0 Å². The molecule has 0 aromatic heterocycles. The van der Waals surface area contributed by atoms with Gasteiger partial charge in [-0.3, -0.25) is 4.79 Å². The molecule has 5 heteroatoms. The minimum Gasteiger partial charge on any atom is -0.394 e. The first-order chi connectivity index (χ1) is 30.1. The van der Waals surface area contributed by atoms with Gasteiger partial charge in [0.1, 0.15) is 6.10 Å². The Morgan fingerprint density at radius 2 is 0.705 bits per heavy atom. The summed E-state index contributed by atoms with van der Waals surface area (Å²) in [5.74, 6) is -0.501. The molecular formula is C56H107NO4. The standard InChI is InChI=1S/C56H107NO4/c1-3-5-7-9-11-13-15-17-19-21-22-23-24-25-26-27-28-29-30-31-32-33-35-37-39-41-43-45-47-49-51-55(60)56(61)57-53(52-58)54(59)50-48-46-44-42-40-38-36-34-20-18-16-14-12-10-8-6-4-2/h22-23,25-26,48,50,53-55,58-60H,3-21,24,27-47,49,51-52H2,1-2H3,(H,57,61)/b23-22-,26-25-,50-48+. The van der Waals surface area contributed by atoms with Gasteiger partial charge in [-0.25, -0.2) is 0 Å². The number of carbonyl (C=O) groups is 1. The normalized spacial score (nSPS) is 13.6. The summed E-state index contributed by atoms with van der Waals surface area (Å²) < 4.78 is 0. The summed E-state index contributed by atoms with van der Waals surface area (Å²) in [7, 11) is 0. The van der Waals surface area contributed by atoms with Crippen LogP contribution in [0.3, 0.4) is 0 Å². The van der Waals surface area contributed by atoms with Crippen LogP contribution in [-0.4, -0.2) is 46.1 Å². The zero-order valence-corrected chi connectivity index (χ0v) is 41.1. The molecule has 360 valence electrons. The van der Waals surface area contributed by atoms with Crippen molar-refractivity contribution in [1.29, 1.82) is 0 Å². The molecule has 0 saturated carbocycles. The van der Waals surface area contributed by atoms with Crippen molar-refractivity contribution in [2.75, 3.05) is 6.61 Å². The molecule has 0 heterocycles. The molecule has 5 nitrogen and oxygen atoms in total. The summed E-state index contributed by atoms with van der Waals surface area (Å²) in [6, 6.07) is -0.797. The number of amides is 1. The fourth-order valence-corrected chi connectivity index (χ4v) is 8.45. The maximum Gasteiger partial charge on any atom is 0.249 e. The summed E-state index contributed by atoms with van der Waals surface area (Å²) in [5.41, 5.74) is 0. The van der Waals surface area contributed by atoms with Gasteiger partial charge in [0.25, 0.3) is 0 Å². The van der Waals surface area contributed by atoms with E-state index < -0.39 is 24.2 Å². The quantitative estimate of drug-likeness (QED) is 0.0362. The van der Waals surface area contributed by atoms with Crippen molar-refractivity contribution in [3.8, 4) is 0 Å². The van der Waals surface area contributed by atoms with Crippen molar-refractivity contribution < 1.29 is 20.1 Å². The van der Waals surface area contributed by atoms with Gasteiger partial charge in [-0.05, 0) is 51.4 Å².